The Morgan fingerprint density at radius 1 is 0.349 bits per heavy atom. The van der Waals surface area contributed by atoms with Gasteiger partial charge in [-0.3, -0.25) is 9.97 Å². The van der Waals surface area contributed by atoms with Crippen LogP contribution in [0.15, 0.2) is 146 Å². The van der Waals surface area contributed by atoms with Crippen molar-refractivity contribution in [3.8, 4) is 67.7 Å². The first kappa shape index (κ1) is 26.1. The number of pyridine rings is 2. The zero-order valence-corrected chi connectivity index (χ0v) is 23.6. The molecule has 0 N–H and O–H groups in total. The fourth-order valence-electron chi connectivity index (χ4n) is 5.17. The molecule has 0 unspecified atom stereocenters. The molecule has 204 valence electrons. The Kier molecular flexibility index (Phi) is 7.04. The summed E-state index contributed by atoms with van der Waals surface area (Å²) in [6, 6.07) is 45.2. The molecule has 7 rings (SSSR count). The lowest BCUT2D eigenvalue weighted by atomic mass is 9.96. The average Bonchev–Trinajstić information content (AvgIpc) is 3.09. The second-order valence-electron chi connectivity index (χ2n) is 10.3. The Balaban J connectivity index is 1.45. The molecule has 43 heavy (non-hydrogen) atoms. The predicted octanol–water partition coefficient (Wildman–Crippen LogP) is 8.97. The molecule has 7 aromatic rings. The van der Waals surface area contributed by atoms with Crippen molar-refractivity contribution in [1.82, 2.24) is 24.9 Å². The fourth-order valence-corrected chi connectivity index (χ4v) is 5.17. The van der Waals surface area contributed by atoms with E-state index in [2.05, 4.69) is 59.6 Å². The minimum atomic E-state index is 0.598. The summed E-state index contributed by atoms with van der Waals surface area (Å²) >= 11 is 0. The van der Waals surface area contributed by atoms with Crippen LogP contribution in [0.4, 0.5) is 0 Å². The zero-order chi connectivity index (χ0) is 29.0. The van der Waals surface area contributed by atoms with E-state index >= 15 is 0 Å². The second kappa shape index (κ2) is 11.6. The van der Waals surface area contributed by atoms with Crippen LogP contribution in [-0.2, 0) is 0 Å². The fraction of sp³-hybridized carbons (Fsp3) is 0.0263. The highest BCUT2D eigenvalue weighted by Crippen LogP contribution is 2.34. The molecular formula is C38H27N5. The Bertz CT molecular complexity index is 1950. The lowest BCUT2D eigenvalue weighted by molar-refractivity contribution is 1.07. The van der Waals surface area contributed by atoms with E-state index in [1.807, 2.05) is 98.2 Å². The number of benzene rings is 4. The van der Waals surface area contributed by atoms with Gasteiger partial charge in [0.1, 0.15) is 0 Å². The maximum Gasteiger partial charge on any atom is 0.164 e. The number of hydrogen-bond acceptors (Lipinski definition) is 5. The van der Waals surface area contributed by atoms with Crippen molar-refractivity contribution in [1.29, 1.82) is 0 Å². The summed E-state index contributed by atoms with van der Waals surface area (Å²) < 4.78 is 0. The molecule has 0 saturated heterocycles. The summed E-state index contributed by atoms with van der Waals surface area (Å²) in [5.74, 6) is 1.85. The van der Waals surface area contributed by atoms with Gasteiger partial charge in [-0.05, 0) is 71.6 Å². The molecule has 4 aromatic carbocycles. The molecule has 0 bridgehead atoms. The van der Waals surface area contributed by atoms with Crippen LogP contribution >= 0.6 is 0 Å². The average molecular weight is 554 g/mol. The predicted molar refractivity (Wildman–Crippen MR) is 173 cm³/mol. The highest BCUT2D eigenvalue weighted by Gasteiger charge is 2.15. The van der Waals surface area contributed by atoms with E-state index in [0.717, 1.165) is 55.9 Å². The number of hydrogen-bond donors (Lipinski definition) is 0. The van der Waals surface area contributed by atoms with E-state index in [4.69, 9.17) is 19.9 Å². The lowest BCUT2D eigenvalue weighted by Gasteiger charge is -2.13. The Hall–Kier alpha value is -5.81. The van der Waals surface area contributed by atoms with E-state index in [0.29, 0.717) is 17.5 Å². The van der Waals surface area contributed by atoms with Gasteiger partial charge in [-0.25, -0.2) is 15.0 Å². The summed E-state index contributed by atoms with van der Waals surface area (Å²) in [6.45, 7) is 2.04. The molecule has 0 aliphatic heterocycles. The van der Waals surface area contributed by atoms with Gasteiger partial charge in [-0.1, -0.05) is 91.0 Å². The lowest BCUT2D eigenvalue weighted by Crippen LogP contribution is -2.00. The highest BCUT2D eigenvalue weighted by molar-refractivity contribution is 5.81. The summed E-state index contributed by atoms with van der Waals surface area (Å²) in [5, 5.41) is 0. The molecule has 0 saturated carbocycles. The van der Waals surface area contributed by atoms with Crippen LogP contribution in [0.3, 0.4) is 0 Å². The van der Waals surface area contributed by atoms with Gasteiger partial charge < -0.3 is 0 Å². The maximum absolute atomic E-state index is 5.00. The van der Waals surface area contributed by atoms with Crippen LogP contribution in [0, 0.1) is 6.92 Å². The van der Waals surface area contributed by atoms with Crippen LogP contribution in [0.1, 0.15) is 5.69 Å². The van der Waals surface area contributed by atoms with Gasteiger partial charge >= 0.3 is 0 Å². The number of rotatable bonds is 6. The SMILES string of the molecule is Cc1cc(-c2ccccc2)cc(-c2cc(-c3ccncc3)cc(-c3nc(-c4ccccc4)nc(-c4ccccc4)n3)c2)n1. The Morgan fingerprint density at radius 3 is 1.37 bits per heavy atom. The third-order valence-corrected chi connectivity index (χ3v) is 7.26. The van der Waals surface area contributed by atoms with Crippen molar-refractivity contribution in [3.05, 3.63) is 152 Å². The first-order valence-electron chi connectivity index (χ1n) is 14.2. The summed E-state index contributed by atoms with van der Waals surface area (Å²) in [7, 11) is 0. The third-order valence-electron chi connectivity index (χ3n) is 7.26. The van der Waals surface area contributed by atoms with Crippen LogP contribution in [0.5, 0.6) is 0 Å². The molecule has 0 radical (unpaired) electrons. The van der Waals surface area contributed by atoms with Crippen molar-refractivity contribution in [2.45, 2.75) is 6.92 Å². The summed E-state index contributed by atoms with van der Waals surface area (Å²) in [4.78, 5) is 24.1. The summed E-state index contributed by atoms with van der Waals surface area (Å²) in [5.41, 5.74) is 9.91. The van der Waals surface area contributed by atoms with Crippen molar-refractivity contribution in [2.75, 3.05) is 0 Å². The van der Waals surface area contributed by atoms with Crippen LogP contribution in [0.25, 0.3) is 67.7 Å². The third kappa shape index (κ3) is 5.69. The topological polar surface area (TPSA) is 64.5 Å². The summed E-state index contributed by atoms with van der Waals surface area (Å²) in [6.07, 6.45) is 3.62. The molecule has 0 spiro atoms. The van der Waals surface area contributed by atoms with Crippen LogP contribution in [0.2, 0.25) is 0 Å². The van der Waals surface area contributed by atoms with Crippen molar-refractivity contribution in [3.63, 3.8) is 0 Å². The Labute approximate surface area is 250 Å². The van der Waals surface area contributed by atoms with E-state index in [1.165, 1.54) is 0 Å². The molecule has 5 heteroatoms. The van der Waals surface area contributed by atoms with E-state index < -0.39 is 0 Å². The highest BCUT2D eigenvalue weighted by atomic mass is 15.0. The monoisotopic (exact) mass is 553 g/mol. The van der Waals surface area contributed by atoms with Gasteiger partial charge in [-0.15, -0.1) is 0 Å². The molecule has 0 aliphatic rings. The van der Waals surface area contributed by atoms with Gasteiger partial charge in [0.25, 0.3) is 0 Å². The minimum absolute atomic E-state index is 0.598. The van der Waals surface area contributed by atoms with E-state index in [9.17, 15) is 0 Å². The quantitative estimate of drug-likeness (QED) is 0.206. The van der Waals surface area contributed by atoms with E-state index in [-0.39, 0.29) is 0 Å². The standard InChI is InChI=1S/C38H27N5/c1-26-21-31(27-11-5-2-6-12-27)25-35(40-26)33-22-32(28-17-19-39-20-18-28)23-34(24-33)38-42-36(29-13-7-3-8-14-29)41-37(43-38)30-15-9-4-10-16-30/h2-25H,1H3. The second-order valence-corrected chi connectivity index (χ2v) is 10.3. The molecule has 3 aromatic heterocycles. The molecule has 0 fully saturated rings. The van der Waals surface area contributed by atoms with Gasteiger partial charge in [0.05, 0.1) is 5.69 Å². The smallest absolute Gasteiger partial charge is 0.164 e. The van der Waals surface area contributed by atoms with Gasteiger partial charge in [0, 0.05) is 40.3 Å². The first-order valence-corrected chi connectivity index (χ1v) is 14.2. The molecular weight excluding hydrogens is 526 g/mol. The van der Waals surface area contributed by atoms with Crippen molar-refractivity contribution >= 4 is 0 Å². The normalized spacial score (nSPS) is 10.9. The first-order chi connectivity index (χ1) is 21.2. The zero-order valence-electron chi connectivity index (χ0n) is 23.6. The van der Waals surface area contributed by atoms with Gasteiger partial charge in [-0.2, -0.15) is 0 Å². The molecule has 0 atom stereocenters. The van der Waals surface area contributed by atoms with Crippen molar-refractivity contribution < 1.29 is 0 Å². The van der Waals surface area contributed by atoms with Gasteiger partial charge in [0.2, 0.25) is 0 Å². The van der Waals surface area contributed by atoms with Crippen LogP contribution in [-0.4, -0.2) is 24.9 Å². The maximum atomic E-state index is 5.00. The Morgan fingerprint density at radius 2 is 0.791 bits per heavy atom. The molecule has 3 heterocycles. The largest absolute Gasteiger partial charge is 0.265 e. The van der Waals surface area contributed by atoms with E-state index in [1.54, 1.807) is 0 Å². The van der Waals surface area contributed by atoms with Crippen molar-refractivity contribution in [2.24, 2.45) is 0 Å². The number of aryl methyl sites for hydroxylation is 1. The molecule has 0 aliphatic carbocycles. The number of aromatic nitrogens is 5. The molecule has 0 amide bonds. The van der Waals surface area contributed by atoms with Crippen LogP contribution < -0.4 is 0 Å². The molecule has 5 nitrogen and oxygen atoms in total. The minimum Gasteiger partial charge on any atom is -0.265 e. The van der Waals surface area contributed by atoms with Gasteiger partial charge in [0.15, 0.2) is 17.5 Å². The number of nitrogens with zero attached hydrogens (tertiary/aromatic N) is 5.